The Balaban J connectivity index is 1.69. The lowest BCUT2D eigenvalue weighted by Gasteiger charge is -2.27. The largest absolute Gasteiger partial charge is 0.393 e. The van der Waals surface area contributed by atoms with Gasteiger partial charge in [-0.3, -0.25) is 4.79 Å². The molecule has 2 aliphatic rings. The molecule has 16 heavy (non-hydrogen) atoms. The normalized spacial score (nSPS) is 32.1. The van der Waals surface area contributed by atoms with Crippen molar-refractivity contribution in [1.29, 1.82) is 0 Å². The molecule has 2 aliphatic carbocycles. The van der Waals surface area contributed by atoms with Gasteiger partial charge in [-0.15, -0.1) is 0 Å². The van der Waals surface area contributed by atoms with E-state index in [0.717, 1.165) is 38.5 Å². The summed E-state index contributed by atoms with van der Waals surface area (Å²) in [4.78, 5) is 11.6. The minimum absolute atomic E-state index is 0.00798. The van der Waals surface area contributed by atoms with Crippen LogP contribution in [-0.2, 0) is 9.53 Å². The van der Waals surface area contributed by atoms with E-state index in [1.807, 2.05) is 6.92 Å². The Morgan fingerprint density at radius 3 is 2.44 bits per heavy atom. The molecule has 0 bridgehead atoms. The molecule has 1 unspecified atom stereocenters. The van der Waals surface area contributed by atoms with Gasteiger partial charge in [0.2, 0.25) is 5.91 Å². The van der Waals surface area contributed by atoms with Crippen molar-refractivity contribution in [2.75, 3.05) is 0 Å². The second kappa shape index (κ2) is 5.15. The molecule has 0 aromatic heterocycles. The molecular weight excluding hydrogens is 206 g/mol. The van der Waals surface area contributed by atoms with E-state index in [9.17, 15) is 9.90 Å². The van der Waals surface area contributed by atoms with Crippen molar-refractivity contribution < 1.29 is 14.6 Å². The molecule has 2 N–H and O–H groups in total. The Labute approximate surface area is 96.4 Å². The van der Waals surface area contributed by atoms with Gasteiger partial charge in [-0.25, -0.2) is 0 Å². The van der Waals surface area contributed by atoms with Crippen molar-refractivity contribution >= 4 is 5.91 Å². The summed E-state index contributed by atoms with van der Waals surface area (Å²) in [6, 6.07) is 0.395. The predicted octanol–water partition coefficient (Wildman–Crippen LogP) is 0.974. The fraction of sp³-hybridized carbons (Fsp3) is 0.917. The van der Waals surface area contributed by atoms with Crippen LogP contribution in [0.1, 0.15) is 45.4 Å². The van der Waals surface area contributed by atoms with E-state index in [4.69, 9.17) is 4.74 Å². The molecule has 4 heteroatoms. The molecule has 92 valence electrons. The first-order valence-corrected chi connectivity index (χ1v) is 6.29. The van der Waals surface area contributed by atoms with Gasteiger partial charge in [0.1, 0.15) is 6.10 Å². The highest BCUT2D eigenvalue weighted by atomic mass is 16.5. The summed E-state index contributed by atoms with van der Waals surface area (Å²) in [5.74, 6) is 0.00798. The van der Waals surface area contributed by atoms with Crippen LogP contribution in [0.3, 0.4) is 0 Å². The number of ether oxygens (including phenoxy) is 1. The first kappa shape index (κ1) is 11.9. The van der Waals surface area contributed by atoms with Crippen molar-refractivity contribution in [2.24, 2.45) is 0 Å². The number of nitrogens with one attached hydrogen (secondary N) is 1. The second-order valence-electron chi connectivity index (χ2n) is 4.99. The maximum atomic E-state index is 11.6. The van der Waals surface area contributed by atoms with Crippen LogP contribution in [0.15, 0.2) is 0 Å². The fourth-order valence-corrected chi connectivity index (χ4v) is 2.08. The minimum Gasteiger partial charge on any atom is -0.393 e. The van der Waals surface area contributed by atoms with Crippen molar-refractivity contribution in [3.05, 3.63) is 0 Å². The lowest BCUT2D eigenvalue weighted by molar-refractivity contribution is -0.137. The van der Waals surface area contributed by atoms with Crippen molar-refractivity contribution in [3.8, 4) is 0 Å². The number of hydrogen-bond donors (Lipinski definition) is 2. The van der Waals surface area contributed by atoms with Crippen LogP contribution in [0.5, 0.6) is 0 Å². The van der Waals surface area contributed by atoms with E-state index in [-0.39, 0.29) is 24.2 Å². The van der Waals surface area contributed by atoms with Gasteiger partial charge in [0.15, 0.2) is 0 Å². The standard InChI is InChI=1S/C12H21NO3/c1-8(12(15)13-9-2-3-9)16-11-6-4-10(14)5-7-11/h8-11,14H,2-7H2,1H3,(H,13,15). The highest BCUT2D eigenvalue weighted by Gasteiger charge is 2.28. The average Bonchev–Trinajstić information content (AvgIpc) is 3.05. The van der Waals surface area contributed by atoms with Crippen LogP contribution < -0.4 is 5.32 Å². The predicted molar refractivity (Wildman–Crippen MR) is 60.0 cm³/mol. The molecule has 0 aromatic carbocycles. The molecule has 4 nitrogen and oxygen atoms in total. The molecule has 0 aliphatic heterocycles. The number of hydrogen-bond acceptors (Lipinski definition) is 3. The first-order chi connectivity index (χ1) is 7.65. The van der Waals surface area contributed by atoms with Gasteiger partial charge < -0.3 is 15.2 Å². The van der Waals surface area contributed by atoms with E-state index in [1.54, 1.807) is 0 Å². The molecule has 0 saturated heterocycles. The number of rotatable bonds is 4. The smallest absolute Gasteiger partial charge is 0.249 e. The Morgan fingerprint density at radius 1 is 1.25 bits per heavy atom. The summed E-state index contributed by atoms with van der Waals surface area (Å²) in [7, 11) is 0. The van der Waals surface area contributed by atoms with Crippen LogP contribution in [0.25, 0.3) is 0 Å². The second-order valence-corrected chi connectivity index (χ2v) is 4.99. The van der Waals surface area contributed by atoms with Crippen LogP contribution in [0.2, 0.25) is 0 Å². The third-order valence-corrected chi connectivity index (χ3v) is 3.33. The highest BCUT2D eigenvalue weighted by molar-refractivity contribution is 5.80. The SMILES string of the molecule is CC(OC1CCC(O)CC1)C(=O)NC1CC1. The summed E-state index contributed by atoms with van der Waals surface area (Å²) in [6.07, 6.45) is 5.13. The highest BCUT2D eigenvalue weighted by Crippen LogP contribution is 2.23. The summed E-state index contributed by atoms with van der Waals surface area (Å²) >= 11 is 0. The number of aliphatic hydroxyl groups is 1. The zero-order chi connectivity index (χ0) is 11.5. The fourth-order valence-electron chi connectivity index (χ4n) is 2.08. The topological polar surface area (TPSA) is 58.6 Å². The Hall–Kier alpha value is -0.610. The van der Waals surface area contributed by atoms with Crippen molar-refractivity contribution in [3.63, 3.8) is 0 Å². The van der Waals surface area contributed by atoms with Crippen LogP contribution in [0, 0.1) is 0 Å². The molecule has 1 atom stereocenters. The minimum atomic E-state index is -0.360. The molecular formula is C12H21NO3. The number of carbonyl (C=O) groups excluding carboxylic acids is 1. The molecule has 0 radical (unpaired) electrons. The lowest BCUT2D eigenvalue weighted by Crippen LogP contribution is -2.39. The lowest BCUT2D eigenvalue weighted by atomic mass is 9.95. The number of carbonyl (C=O) groups is 1. The third kappa shape index (κ3) is 3.46. The maximum absolute atomic E-state index is 11.6. The van der Waals surface area contributed by atoms with Crippen LogP contribution in [0.4, 0.5) is 0 Å². The van der Waals surface area contributed by atoms with Crippen LogP contribution in [-0.4, -0.2) is 35.4 Å². The molecule has 0 spiro atoms. The van der Waals surface area contributed by atoms with E-state index in [1.165, 1.54) is 0 Å². The molecule has 0 aromatic rings. The van der Waals surface area contributed by atoms with Crippen molar-refractivity contribution in [1.82, 2.24) is 5.32 Å². The zero-order valence-corrected chi connectivity index (χ0v) is 9.82. The van der Waals surface area contributed by atoms with E-state index < -0.39 is 0 Å². The first-order valence-electron chi connectivity index (χ1n) is 6.29. The Kier molecular flexibility index (Phi) is 3.82. The monoisotopic (exact) mass is 227 g/mol. The number of amides is 1. The van der Waals surface area contributed by atoms with E-state index in [2.05, 4.69) is 5.32 Å². The van der Waals surface area contributed by atoms with E-state index >= 15 is 0 Å². The van der Waals surface area contributed by atoms with Crippen LogP contribution >= 0.6 is 0 Å². The summed E-state index contributed by atoms with van der Waals surface area (Å²) in [6.45, 7) is 1.81. The number of aliphatic hydroxyl groups excluding tert-OH is 1. The van der Waals surface area contributed by atoms with Crippen molar-refractivity contribution in [2.45, 2.75) is 69.8 Å². The van der Waals surface area contributed by atoms with Gasteiger partial charge >= 0.3 is 0 Å². The van der Waals surface area contributed by atoms with Gasteiger partial charge in [0, 0.05) is 6.04 Å². The van der Waals surface area contributed by atoms with Gasteiger partial charge in [-0.2, -0.15) is 0 Å². The van der Waals surface area contributed by atoms with Gasteiger partial charge in [-0.1, -0.05) is 0 Å². The summed E-state index contributed by atoms with van der Waals surface area (Å²) in [5, 5.41) is 12.3. The third-order valence-electron chi connectivity index (χ3n) is 3.33. The maximum Gasteiger partial charge on any atom is 0.249 e. The summed E-state index contributed by atoms with van der Waals surface area (Å²) < 4.78 is 5.71. The molecule has 2 saturated carbocycles. The summed E-state index contributed by atoms with van der Waals surface area (Å²) in [5.41, 5.74) is 0. The van der Waals surface area contributed by atoms with Gasteiger partial charge in [0.25, 0.3) is 0 Å². The molecule has 0 heterocycles. The van der Waals surface area contributed by atoms with E-state index in [0.29, 0.717) is 6.04 Å². The quantitative estimate of drug-likeness (QED) is 0.752. The Bertz CT molecular complexity index is 245. The molecule has 2 fully saturated rings. The van der Waals surface area contributed by atoms with Gasteiger partial charge in [0.05, 0.1) is 12.2 Å². The zero-order valence-electron chi connectivity index (χ0n) is 9.82. The average molecular weight is 227 g/mol. The molecule has 2 rings (SSSR count). The van der Waals surface area contributed by atoms with Gasteiger partial charge in [-0.05, 0) is 45.4 Å². The Morgan fingerprint density at radius 2 is 1.88 bits per heavy atom. The molecule has 1 amide bonds.